The minimum atomic E-state index is -3.80. The Hall–Kier alpha value is -1.71. The monoisotopic (exact) mass is 333 g/mol. The second kappa shape index (κ2) is 5.35. The highest BCUT2D eigenvalue weighted by molar-refractivity contribution is 7.94. The summed E-state index contributed by atoms with van der Waals surface area (Å²) in [5, 5.41) is 10.5. The van der Waals surface area contributed by atoms with Crippen molar-refractivity contribution >= 4 is 44.3 Å². The molecule has 2 aromatic rings. The standard InChI is InChI=1S/C10H8ClN3O4S2/c1-6-9(19-10(11)12-6)20(17,18)13-7-2-4-8(5-3-7)14(15)16/h2-5,13H,1H3. The van der Waals surface area contributed by atoms with E-state index in [9.17, 15) is 18.5 Å². The van der Waals surface area contributed by atoms with Gasteiger partial charge in [-0.05, 0) is 19.1 Å². The van der Waals surface area contributed by atoms with Crippen LogP contribution in [0.25, 0.3) is 0 Å². The van der Waals surface area contributed by atoms with Gasteiger partial charge in [0.25, 0.3) is 15.7 Å². The maximum absolute atomic E-state index is 12.1. The van der Waals surface area contributed by atoms with Crippen molar-refractivity contribution in [1.29, 1.82) is 0 Å². The molecule has 1 N–H and O–H groups in total. The number of thiazole rings is 1. The molecule has 1 aromatic heterocycles. The molecule has 2 rings (SSSR count). The van der Waals surface area contributed by atoms with E-state index in [0.29, 0.717) is 5.69 Å². The summed E-state index contributed by atoms with van der Waals surface area (Å²) in [6.07, 6.45) is 0. The number of benzene rings is 1. The van der Waals surface area contributed by atoms with E-state index in [1.54, 1.807) is 0 Å². The van der Waals surface area contributed by atoms with Gasteiger partial charge in [-0.2, -0.15) is 0 Å². The topological polar surface area (TPSA) is 102 Å². The first-order valence-corrected chi connectivity index (χ1v) is 7.87. The van der Waals surface area contributed by atoms with Gasteiger partial charge in [-0.3, -0.25) is 14.8 Å². The number of sulfonamides is 1. The quantitative estimate of drug-likeness (QED) is 0.684. The predicted octanol–water partition coefficient (Wildman–Crippen LogP) is 2.81. The Morgan fingerprint density at radius 2 is 1.95 bits per heavy atom. The van der Waals surface area contributed by atoms with Gasteiger partial charge >= 0.3 is 0 Å². The second-order valence-electron chi connectivity index (χ2n) is 3.75. The van der Waals surface area contributed by atoms with Crippen LogP contribution in [0.2, 0.25) is 4.47 Å². The molecule has 0 aliphatic rings. The number of non-ortho nitro benzene ring substituents is 1. The minimum absolute atomic E-state index is 0.0147. The zero-order valence-corrected chi connectivity index (χ0v) is 12.4. The molecule has 0 amide bonds. The first-order valence-electron chi connectivity index (χ1n) is 5.20. The van der Waals surface area contributed by atoms with Gasteiger partial charge in [0.05, 0.1) is 10.6 Å². The number of rotatable bonds is 4. The van der Waals surface area contributed by atoms with Crippen LogP contribution in [0.5, 0.6) is 0 Å². The van der Waals surface area contributed by atoms with E-state index in [4.69, 9.17) is 11.6 Å². The third-order valence-corrected chi connectivity index (χ3v) is 5.56. The highest BCUT2D eigenvalue weighted by Gasteiger charge is 2.21. The van der Waals surface area contributed by atoms with E-state index in [0.717, 1.165) is 11.3 Å². The average Bonchev–Trinajstić information content (AvgIpc) is 2.69. The fraction of sp³-hybridized carbons (Fsp3) is 0.100. The predicted molar refractivity (Wildman–Crippen MR) is 75.8 cm³/mol. The van der Waals surface area contributed by atoms with Gasteiger partial charge in [0.15, 0.2) is 8.68 Å². The van der Waals surface area contributed by atoms with E-state index in [1.165, 1.54) is 31.2 Å². The lowest BCUT2D eigenvalue weighted by atomic mass is 10.3. The Bertz CT molecular complexity index is 755. The fourth-order valence-electron chi connectivity index (χ4n) is 1.45. The SMILES string of the molecule is Cc1nc(Cl)sc1S(=O)(=O)Nc1ccc([N+](=O)[O-])cc1. The van der Waals surface area contributed by atoms with Gasteiger partial charge in [0.1, 0.15) is 0 Å². The number of anilines is 1. The highest BCUT2D eigenvalue weighted by Crippen LogP contribution is 2.28. The lowest BCUT2D eigenvalue weighted by Crippen LogP contribution is -2.12. The summed E-state index contributed by atoms with van der Waals surface area (Å²) in [5.74, 6) is 0. The zero-order valence-electron chi connectivity index (χ0n) is 10.0. The number of nitrogens with zero attached hydrogens (tertiary/aromatic N) is 2. The van der Waals surface area contributed by atoms with E-state index in [-0.39, 0.29) is 20.1 Å². The Morgan fingerprint density at radius 1 is 1.35 bits per heavy atom. The molecular formula is C10H8ClN3O4S2. The molecular weight excluding hydrogens is 326 g/mol. The molecule has 7 nitrogen and oxygen atoms in total. The van der Waals surface area contributed by atoms with E-state index in [1.807, 2.05) is 0 Å². The molecule has 10 heteroatoms. The molecule has 106 valence electrons. The van der Waals surface area contributed by atoms with Crippen molar-refractivity contribution in [3.05, 3.63) is 44.5 Å². The van der Waals surface area contributed by atoms with Gasteiger partial charge < -0.3 is 0 Å². The fourth-order valence-corrected chi connectivity index (χ4v) is 4.25. The molecule has 0 atom stereocenters. The maximum Gasteiger partial charge on any atom is 0.273 e. The van der Waals surface area contributed by atoms with Crippen molar-refractivity contribution < 1.29 is 13.3 Å². The third kappa shape index (κ3) is 3.06. The van der Waals surface area contributed by atoms with Gasteiger partial charge in [-0.25, -0.2) is 13.4 Å². The molecule has 0 fully saturated rings. The summed E-state index contributed by atoms with van der Waals surface area (Å²) in [4.78, 5) is 13.8. The number of hydrogen-bond donors (Lipinski definition) is 1. The smallest absolute Gasteiger partial charge is 0.273 e. The van der Waals surface area contributed by atoms with Crippen LogP contribution in [0, 0.1) is 17.0 Å². The van der Waals surface area contributed by atoms with Crippen LogP contribution in [0.3, 0.4) is 0 Å². The van der Waals surface area contributed by atoms with Crippen LogP contribution in [-0.4, -0.2) is 18.3 Å². The summed E-state index contributed by atoms with van der Waals surface area (Å²) < 4.78 is 26.7. The summed E-state index contributed by atoms with van der Waals surface area (Å²) >= 11 is 6.51. The van der Waals surface area contributed by atoms with Crippen LogP contribution in [0.15, 0.2) is 28.5 Å². The zero-order chi connectivity index (χ0) is 14.9. The lowest BCUT2D eigenvalue weighted by Gasteiger charge is -2.06. The molecule has 0 bridgehead atoms. The minimum Gasteiger partial charge on any atom is -0.279 e. The normalized spacial score (nSPS) is 11.3. The molecule has 0 aliphatic heterocycles. The first kappa shape index (κ1) is 14.7. The number of hydrogen-bond acceptors (Lipinski definition) is 6. The van der Waals surface area contributed by atoms with Crippen LogP contribution in [0.1, 0.15) is 5.69 Å². The van der Waals surface area contributed by atoms with E-state index < -0.39 is 14.9 Å². The van der Waals surface area contributed by atoms with Gasteiger partial charge in [-0.1, -0.05) is 22.9 Å². The molecule has 0 radical (unpaired) electrons. The summed E-state index contributed by atoms with van der Waals surface area (Å²) in [5.41, 5.74) is 0.402. The molecule has 0 saturated heterocycles. The summed E-state index contributed by atoms with van der Waals surface area (Å²) in [6, 6.07) is 5.05. The highest BCUT2D eigenvalue weighted by atomic mass is 35.5. The third-order valence-electron chi connectivity index (χ3n) is 2.30. The Kier molecular flexibility index (Phi) is 3.93. The summed E-state index contributed by atoms with van der Waals surface area (Å²) in [6.45, 7) is 1.53. The molecule has 1 heterocycles. The number of nitro benzene ring substituents is 1. The van der Waals surface area contributed by atoms with Crippen LogP contribution in [-0.2, 0) is 10.0 Å². The second-order valence-corrected chi connectivity index (χ2v) is 7.21. The molecule has 0 unspecified atom stereocenters. The molecule has 0 spiro atoms. The molecule has 1 aromatic carbocycles. The van der Waals surface area contributed by atoms with Crippen LogP contribution >= 0.6 is 22.9 Å². The van der Waals surface area contributed by atoms with Crippen LogP contribution in [0.4, 0.5) is 11.4 Å². The summed E-state index contributed by atoms with van der Waals surface area (Å²) in [7, 11) is -3.80. The molecule has 0 saturated carbocycles. The number of aromatic nitrogens is 1. The van der Waals surface area contributed by atoms with Crippen molar-refractivity contribution in [3.63, 3.8) is 0 Å². The van der Waals surface area contributed by atoms with Crippen molar-refractivity contribution in [2.24, 2.45) is 0 Å². The number of nitro groups is 1. The number of aryl methyl sites for hydroxylation is 1. The van der Waals surface area contributed by atoms with E-state index >= 15 is 0 Å². The van der Waals surface area contributed by atoms with Gasteiger partial charge in [0.2, 0.25) is 0 Å². The molecule has 20 heavy (non-hydrogen) atoms. The maximum atomic E-state index is 12.1. The number of halogens is 1. The van der Waals surface area contributed by atoms with Crippen molar-refractivity contribution in [2.75, 3.05) is 4.72 Å². The van der Waals surface area contributed by atoms with Crippen molar-refractivity contribution in [2.45, 2.75) is 11.1 Å². The Balaban J connectivity index is 2.28. The first-order chi connectivity index (χ1) is 9.29. The molecule has 0 aliphatic carbocycles. The largest absolute Gasteiger partial charge is 0.279 e. The van der Waals surface area contributed by atoms with Gasteiger partial charge in [0, 0.05) is 17.8 Å². The average molecular weight is 334 g/mol. The number of nitrogens with one attached hydrogen (secondary N) is 1. The van der Waals surface area contributed by atoms with Crippen molar-refractivity contribution in [3.8, 4) is 0 Å². The van der Waals surface area contributed by atoms with Gasteiger partial charge in [-0.15, -0.1) is 0 Å². The Labute approximate surface area is 123 Å². The van der Waals surface area contributed by atoms with Crippen molar-refractivity contribution in [1.82, 2.24) is 4.98 Å². The van der Waals surface area contributed by atoms with Crippen LogP contribution < -0.4 is 4.72 Å². The lowest BCUT2D eigenvalue weighted by molar-refractivity contribution is -0.384. The van der Waals surface area contributed by atoms with E-state index in [2.05, 4.69) is 9.71 Å². The Morgan fingerprint density at radius 3 is 2.40 bits per heavy atom.